The van der Waals surface area contributed by atoms with Crippen molar-refractivity contribution in [3.05, 3.63) is 65.0 Å². The van der Waals surface area contributed by atoms with E-state index in [4.69, 9.17) is 4.74 Å². The van der Waals surface area contributed by atoms with Crippen LogP contribution >= 0.6 is 11.8 Å². The van der Waals surface area contributed by atoms with Crippen molar-refractivity contribution in [1.82, 2.24) is 9.80 Å². The Morgan fingerprint density at radius 2 is 1.79 bits per heavy atom. The molecule has 2 unspecified atom stereocenters. The van der Waals surface area contributed by atoms with Gasteiger partial charge >= 0.3 is 0 Å². The van der Waals surface area contributed by atoms with E-state index in [1.54, 1.807) is 19.1 Å². The Kier molecular flexibility index (Phi) is 6.32. The number of nitrogens with zero attached hydrogens (tertiary/aromatic N) is 2. The smallest absolute Gasteiger partial charge is 0.263 e. The third-order valence-electron chi connectivity index (χ3n) is 6.72. The van der Waals surface area contributed by atoms with Crippen LogP contribution in [0.3, 0.4) is 0 Å². The van der Waals surface area contributed by atoms with Crippen molar-refractivity contribution in [3.63, 3.8) is 0 Å². The van der Waals surface area contributed by atoms with Crippen LogP contribution in [-0.2, 0) is 16.0 Å². The summed E-state index contributed by atoms with van der Waals surface area (Å²) in [4.78, 5) is 29.8. The lowest BCUT2D eigenvalue weighted by molar-refractivity contribution is -0.137. The molecule has 5 nitrogen and oxygen atoms in total. The maximum atomic E-state index is 13.6. The predicted octanol–water partition coefficient (Wildman–Crippen LogP) is 4.05. The van der Waals surface area contributed by atoms with Crippen LogP contribution in [-0.4, -0.2) is 58.9 Å². The van der Waals surface area contributed by atoms with E-state index in [1.165, 1.54) is 12.1 Å². The molecule has 0 N–H and O–H groups in total. The number of fused-ring (bicyclic) bond motifs is 1. The van der Waals surface area contributed by atoms with Crippen LogP contribution in [0, 0.1) is 11.7 Å². The average molecular weight is 469 g/mol. The van der Waals surface area contributed by atoms with E-state index in [9.17, 15) is 14.0 Å². The Hall–Kier alpha value is -2.54. The molecule has 33 heavy (non-hydrogen) atoms. The SMILES string of the molecule is CC(Oc1ccc2c(c1)C(c1ccc(F)cc1)N(C(=O)C1CC1)CC2)C(=O)N1CCSCC1. The second kappa shape index (κ2) is 9.37. The van der Waals surface area contributed by atoms with Gasteiger partial charge in [0.2, 0.25) is 5.91 Å². The first-order valence-corrected chi connectivity index (χ1v) is 12.9. The van der Waals surface area contributed by atoms with Crippen LogP contribution in [0.15, 0.2) is 42.5 Å². The zero-order valence-electron chi connectivity index (χ0n) is 18.8. The minimum Gasteiger partial charge on any atom is -0.481 e. The van der Waals surface area contributed by atoms with E-state index in [2.05, 4.69) is 0 Å². The van der Waals surface area contributed by atoms with Crippen molar-refractivity contribution in [2.45, 2.75) is 38.3 Å². The number of rotatable bonds is 5. The third-order valence-corrected chi connectivity index (χ3v) is 7.67. The number of hydrogen-bond donors (Lipinski definition) is 0. The highest BCUT2D eigenvalue weighted by Crippen LogP contribution is 2.41. The van der Waals surface area contributed by atoms with E-state index >= 15 is 0 Å². The van der Waals surface area contributed by atoms with Crippen molar-refractivity contribution in [1.29, 1.82) is 0 Å². The maximum absolute atomic E-state index is 13.6. The van der Waals surface area contributed by atoms with E-state index in [1.807, 2.05) is 39.8 Å². The molecule has 3 aliphatic rings. The van der Waals surface area contributed by atoms with Crippen LogP contribution in [0.5, 0.6) is 5.75 Å². The highest BCUT2D eigenvalue weighted by atomic mass is 32.2. The van der Waals surface area contributed by atoms with Gasteiger partial charge in [0.15, 0.2) is 6.10 Å². The van der Waals surface area contributed by atoms with Crippen molar-refractivity contribution in [2.24, 2.45) is 5.92 Å². The van der Waals surface area contributed by atoms with Crippen LogP contribution in [0.1, 0.15) is 42.5 Å². The van der Waals surface area contributed by atoms with Crippen LogP contribution in [0.2, 0.25) is 0 Å². The molecule has 2 aliphatic heterocycles. The number of carbonyl (C=O) groups is 2. The molecule has 2 heterocycles. The second-order valence-electron chi connectivity index (χ2n) is 9.07. The molecular weight excluding hydrogens is 439 g/mol. The fraction of sp³-hybridized carbons (Fsp3) is 0.462. The summed E-state index contributed by atoms with van der Waals surface area (Å²) in [6.45, 7) is 3.95. The molecule has 0 spiro atoms. The number of benzene rings is 2. The van der Waals surface area contributed by atoms with E-state index in [0.29, 0.717) is 12.3 Å². The van der Waals surface area contributed by atoms with Gasteiger partial charge in [-0.05, 0) is 67.1 Å². The summed E-state index contributed by atoms with van der Waals surface area (Å²) < 4.78 is 19.7. The summed E-state index contributed by atoms with van der Waals surface area (Å²) in [6.07, 6.45) is 2.07. The summed E-state index contributed by atoms with van der Waals surface area (Å²) in [5.41, 5.74) is 3.04. The number of ether oxygens (including phenoxy) is 1. The first-order valence-electron chi connectivity index (χ1n) is 11.7. The summed E-state index contributed by atoms with van der Waals surface area (Å²) in [5, 5.41) is 0. The van der Waals surface area contributed by atoms with Gasteiger partial charge in [0.05, 0.1) is 6.04 Å². The normalized spacial score (nSPS) is 21.3. The summed E-state index contributed by atoms with van der Waals surface area (Å²) in [5.74, 6) is 2.53. The van der Waals surface area contributed by atoms with E-state index in [0.717, 1.165) is 60.5 Å². The molecule has 1 saturated carbocycles. The molecule has 5 rings (SSSR count). The lowest BCUT2D eigenvalue weighted by Crippen LogP contribution is -2.44. The molecule has 2 aromatic rings. The number of amides is 2. The maximum Gasteiger partial charge on any atom is 0.263 e. The van der Waals surface area contributed by atoms with E-state index in [-0.39, 0.29) is 29.6 Å². The zero-order chi connectivity index (χ0) is 22.9. The number of hydrogen-bond acceptors (Lipinski definition) is 4. The molecular formula is C26H29FN2O3S. The molecule has 1 saturated heterocycles. The Labute approximate surface area is 198 Å². The summed E-state index contributed by atoms with van der Waals surface area (Å²) in [6, 6.07) is 12.0. The van der Waals surface area contributed by atoms with Crippen molar-refractivity contribution in [3.8, 4) is 5.75 Å². The molecule has 7 heteroatoms. The number of thioether (sulfide) groups is 1. The Bertz CT molecular complexity index is 1030. The van der Waals surface area contributed by atoms with Gasteiger partial charge in [-0.25, -0.2) is 4.39 Å². The van der Waals surface area contributed by atoms with Crippen LogP contribution < -0.4 is 4.74 Å². The van der Waals surface area contributed by atoms with Crippen LogP contribution in [0.25, 0.3) is 0 Å². The van der Waals surface area contributed by atoms with Gasteiger partial charge in [-0.15, -0.1) is 0 Å². The minimum absolute atomic E-state index is 0.00800. The van der Waals surface area contributed by atoms with Gasteiger partial charge < -0.3 is 14.5 Å². The third kappa shape index (κ3) is 4.74. The minimum atomic E-state index is -0.580. The molecule has 0 aromatic heterocycles. The monoisotopic (exact) mass is 468 g/mol. The highest BCUT2D eigenvalue weighted by Gasteiger charge is 2.39. The first kappa shape index (κ1) is 22.3. The number of carbonyl (C=O) groups excluding carboxylic acids is 2. The summed E-state index contributed by atoms with van der Waals surface area (Å²) in [7, 11) is 0. The molecule has 0 bridgehead atoms. The Balaban J connectivity index is 1.43. The van der Waals surface area contributed by atoms with Crippen molar-refractivity contribution in [2.75, 3.05) is 31.1 Å². The Morgan fingerprint density at radius 1 is 1.06 bits per heavy atom. The van der Waals surface area contributed by atoms with Gasteiger partial charge in [0.25, 0.3) is 5.91 Å². The highest BCUT2D eigenvalue weighted by molar-refractivity contribution is 7.99. The van der Waals surface area contributed by atoms with E-state index < -0.39 is 6.10 Å². The lowest BCUT2D eigenvalue weighted by Gasteiger charge is -2.38. The molecule has 2 atom stereocenters. The standard InChI is InChI=1S/C26H29FN2O3S/c1-17(25(30)28-12-14-33-15-13-28)32-22-9-6-18-10-11-29(26(31)20-2-3-20)24(23(18)16-22)19-4-7-21(27)8-5-19/h4-9,16-17,20,24H,2-3,10-15H2,1H3. The fourth-order valence-electron chi connectivity index (χ4n) is 4.77. The van der Waals surface area contributed by atoms with Crippen molar-refractivity contribution < 1.29 is 18.7 Å². The van der Waals surface area contributed by atoms with Gasteiger partial charge in [0, 0.05) is 37.1 Å². The van der Waals surface area contributed by atoms with Gasteiger partial charge in [-0.2, -0.15) is 11.8 Å². The average Bonchev–Trinajstić information content (AvgIpc) is 3.69. The number of halogens is 1. The van der Waals surface area contributed by atoms with Gasteiger partial charge in [-0.3, -0.25) is 9.59 Å². The molecule has 174 valence electrons. The van der Waals surface area contributed by atoms with Crippen LogP contribution in [0.4, 0.5) is 4.39 Å². The molecule has 2 fully saturated rings. The van der Waals surface area contributed by atoms with Gasteiger partial charge in [0.1, 0.15) is 11.6 Å². The second-order valence-corrected chi connectivity index (χ2v) is 10.3. The predicted molar refractivity (Wildman–Crippen MR) is 127 cm³/mol. The molecule has 2 aromatic carbocycles. The molecule has 1 aliphatic carbocycles. The fourth-order valence-corrected chi connectivity index (χ4v) is 5.67. The van der Waals surface area contributed by atoms with Gasteiger partial charge in [-0.1, -0.05) is 18.2 Å². The summed E-state index contributed by atoms with van der Waals surface area (Å²) >= 11 is 1.86. The topological polar surface area (TPSA) is 49.9 Å². The molecule has 2 amide bonds. The Morgan fingerprint density at radius 3 is 2.48 bits per heavy atom. The van der Waals surface area contributed by atoms with Crippen molar-refractivity contribution >= 4 is 23.6 Å². The molecule has 0 radical (unpaired) electrons. The zero-order valence-corrected chi connectivity index (χ0v) is 19.7. The first-order chi connectivity index (χ1) is 16.0. The quantitative estimate of drug-likeness (QED) is 0.664. The largest absolute Gasteiger partial charge is 0.481 e. The lowest BCUT2D eigenvalue weighted by atomic mass is 9.87.